The van der Waals surface area contributed by atoms with E-state index in [2.05, 4.69) is 46.7 Å². The van der Waals surface area contributed by atoms with Crippen molar-refractivity contribution >= 4 is 11.9 Å². The van der Waals surface area contributed by atoms with Crippen molar-refractivity contribution in [2.45, 2.75) is 51.2 Å². The van der Waals surface area contributed by atoms with Crippen LogP contribution in [0.4, 0.5) is 4.79 Å². The fourth-order valence-electron chi connectivity index (χ4n) is 4.42. The van der Waals surface area contributed by atoms with Gasteiger partial charge in [-0.3, -0.25) is 4.40 Å². The first kappa shape index (κ1) is 21.2. The number of amides is 1. The smallest absolute Gasteiger partial charge is 0.408 e. The van der Waals surface area contributed by atoms with E-state index >= 15 is 0 Å². The summed E-state index contributed by atoms with van der Waals surface area (Å²) in [5, 5.41) is 3.13. The van der Waals surface area contributed by atoms with Crippen LogP contribution in [0.1, 0.15) is 45.6 Å². The molecule has 0 atom stereocenters. The predicted octanol–water partition coefficient (Wildman–Crippen LogP) is 5.97. The second-order valence-corrected chi connectivity index (χ2v) is 9.60. The number of aromatic nitrogens is 3. The topological polar surface area (TPSA) is 68.5 Å². The van der Waals surface area contributed by atoms with E-state index in [0.29, 0.717) is 5.78 Å². The van der Waals surface area contributed by atoms with Crippen LogP contribution in [-0.4, -0.2) is 26.1 Å². The fourth-order valence-corrected chi connectivity index (χ4v) is 4.42. The van der Waals surface area contributed by atoms with E-state index in [1.54, 1.807) is 6.20 Å². The van der Waals surface area contributed by atoms with Crippen LogP contribution in [0.2, 0.25) is 0 Å². The Morgan fingerprint density at radius 3 is 2.36 bits per heavy atom. The lowest BCUT2D eigenvalue weighted by Crippen LogP contribution is -2.52. The van der Waals surface area contributed by atoms with Crippen LogP contribution < -0.4 is 5.32 Å². The van der Waals surface area contributed by atoms with Crippen molar-refractivity contribution in [2.75, 3.05) is 0 Å². The molecule has 0 spiro atoms. The summed E-state index contributed by atoms with van der Waals surface area (Å²) < 4.78 is 7.54. The molecule has 1 amide bonds. The van der Waals surface area contributed by atoms with E-state index in [4.69, 9.17) is 9.72 Å². The molecule has 2 aromatic carbocycles. The molecule has 1 aliphatic carbocycles. The maximum atomic E-state index is 12.5. The van der Waals surface area contributed by atoms with Crippen molar-refractivity contribution in [3.8, 4) is 22.5 Å². The number of imidazole rings is 1. The lowest BCUT2D eigenvalue weighted by Gasteiger charge is -2.43. The maximum absolute atomic E-state index is 12.5. The highest BCUT2D eigenvalue weighted by molar-refractivity contribution is 5.81. The minimum absolute atomic E-state index is 0.371. The number of ether oxygens (including phenoxy) is 1. The van der Waals surface area contributed by atoms with Crippen molar-refractivity contribution in [1.29, 1.82) is 0 Å². The van der Waals surface area contributed by atoms with E-state index in [0.717, 1.165) is 47.3 Å². The standard InChI is InChI=1S/C27H28N4O2/c1-26(2,3)33-25(32)30-27(15-7-16-27)21-13-11-19(12-14-21)22-23(20-9-5-4-6-10-20)31-18-8-17-28-24(31)29-22/h4-6,8-14,17-18H,7,15-16H2,1-3H3,(H,30,32). The van der Waals surface area contributed by atoms with Crippen molar-refractivity contribution in [2.24, 2.45) is 0 Å². The molecule has 168 valence electrons. The van der Waals surface area contributed by atoms with Gasteiger partial charge in [-0.25, -0.2) is 14.8 Å². The zero-order valence-electron chi connectivity index (χ0n) is 19.2. The summed E-state index contributed by atoms with van der Waals surface area (Å²) in [5.74, 6) is 0.664. The van der Waals surface area contributed by atoms with E-state index in [1.165, 1.54) is 0 Å². The molecule has 33 heavy (non-hydrogen) atoms. The number of fused-ring (bicyclic) bond motifs is 1. The molecule has 6 nitrogen and oxygen atoms in total. The largest absolute Gasteiger partial charge is 0.444 e. The maximum Gasteiger partial charge on any atom is 0.408 e. The SMILES string of the molecule is CC(C)(C)OC(=O)NC1(c2ccc(-c3nc4ncccn4c3-c3ccccc3)cc2)CCC1. The summed E-state index contributed by atoms with van der Waals surface area (Å²) in [6.45, 7) is 5.63. The van der Waals surface area contributed by atoms with Gasteiger partial charge in [-0.2, -0.15) is 0 Å². The molecule has 1 N–H and O–H groups in total. The molecule has 0 radical (unpaired) electrons. The van der Waals surface area contributed by atoms with Crippen molar-refractivity contribution in [3.05, 3.63) is 78.6 Å². The van der Waals surface area contributed by atoms with Crippen LogP contribution in [0.3, 0.4) is 0 Å². The number of alkyl carbamates (subject to hydrolysis) is 1. The number of carbonyl (C=O) groups is 1. The highest BCUT2D eigenvalue weighted by Gasteiger charge is 2.41. The number of hydrogen-bond donors (Lipinski definition) is 1. The van der Waals surface area contributed by atoms with E-state index in [-0.39, 0.29) is 11.6 Å². The second kappa shape index (κ2) is 8.03. The number of rotatable bonds is 4. The molecule has 1 fully saturated rings. The van der Waals surface area contributed by atoms with Crippen LogP contribution in [0.25, 0.3) is 28.3 Å². The molecule has 0 bridgehead atoms. The Morgan fingerprint density at radius 1 is 1.00 bits per heavy atom. The highest BCUT2D eigenvalue weighted by atomic mass is 16.6. The Labute approximate surface area is 193 Å². The van der Waals surface area contributed by atoms with Crippen molar-refractivity contribution in [3.63, 3.8) is 0 Å². The predicted molar refractivity (Wildman–Crippen MR) is 129 cm³/mol. The van der Waals surface area contributed by atoms with Gasteiger partial charge in [0.2, 0.25) is 5.78 Å². The Morgan fingerprint density at radius 2 is 1.73 bits per heavy atom. The van der Waals surface area contributed by atoms with Gasteiger partial charge >= 0.3 is 6.09 Å². The normalized spacial score (nSPS) is 15.1. The first-order valence-electron chi connectivity index (χ1n) is 11.4. The Bertz CT molecular complexity index is 1280. The van der Waals surface area contributed by atoms with Gasteiger partial charge in [0.25, 0.3) is 0 Å². The summed E-state index contributed by atoms with van der Waals surface area (Å²) >= 11 is 0. The average Bonchev–Trinajstić information content (AvgIpc) is 3.15. The van der Waals surface area contributed by atoms with Gasteiger partial charge < -0.3 is 10.1 Å². The Balaban J connectivity index is 1.50. The second-order valence-electron chi connectivity index (χ2n) is 9.60. The Kier molecular flexibility index (Phi) is 5.16. The van der Waals surface area contributed by atoms with Gasteiger partial charge in [-0.1, -0.05) is 54.6 Å². The third-order valence-electron chi connectivity index (χ3n) is 6.11. The van der Waals surface area contributed by atoms with Gasteiger partial charge in [-0.15, -0.1) is 0 Å². The molecule has 4 aromatic rings. The Hall–Kier alpha value is -3.67. The van der Waals surface area contributed by atoms with Crippen LogP contribution in [0.5, 0.6) is 0 Å². The zero-order chi connectivity index (χ0) is 23.1. The monoisotopic (exact) mass is 440 g/mol. The highest BCUT2D eigenvalue weighted by Crippen LogP contribution is 2.42. The fraction of sp³-hybridized carbons (Fsp3) is 0.296. The molecule has 0 saturated heterocycles. The summed E-state index contributed by atoms with van der Waals surface area (Å²) in [6.07, 6.45) is 6.26. The number of benzene rings is 2. The third kappa shape index (κ3) is 4.09. The minimum Gasteiger partial charge on any atom is -0.444 e. The lowest BCUT2D eigenvalue weighted by molar-refractivity contribution is 0.0377. The first-order valence-corrected chi connectivity index (χ1v) is 11.4. The molecule has 1 aliphatic rings. The van der Waals surface area contributed by atoms with Gasteiger partial charge in [-0.05, 0) is 51.7 Å². The van der Waals surface area contributed by atoms with Gasteiger partial charge in [0.1, 0.15) is 5.60 Å². The molecule has 5 rings (SSSR count). The van der Waals surface area contributed by atoms with Crippen LogP contribution >= 0.6 is 0 Å². The molecule has 1 saturated carbocycles. The quantitative estimate of drug-likeness (QED) is 0.425. The number of hydrogen-bond acceptors (Lipinski definition) is 4. The molecule has 6 heteroatoms. The number of nitrogens with zero attached hydrogens (tertiary/aromatic N) is 3. The summed E-state index contributed by atoms with van der Waals surface area (Å²) in [7, 11) is 0. The first-order chi connectivity index (χ1) is 15.8. The van der Waals surface area contributed by atoms with Crippen molar-refractivity contribution in [1.82, 2.24) is 19.7 Å². The number of carbonyl (C=O) groups excluding carboxylic acids is 1. The summed E-state index contributed by atoms with van der Waals surface area (Å²) in [5.41, 5.74) is 4.18. The molecular formula is C27H28N4O2. The molecule has 0 unspecified atom stereocenters. The lowest BCUT2D eigenvalue weighted by atomic mass is 9.71. The van der Waals surface area contributed by atoms with Gasteiger partial charge in [0.05, 0.1) is 16.9 Å². The number of nitrogens with one attached hydrogen (secondary N) is 1. The van der Waals surface area contributed by atoms with Gasteiger partial charge in [0, 0.05) is 23.5 Å². The third-order valence-corrected chi connectivity index (χ3v) is 6.11. The average molecular weight is 441 g/mol. The van der Waals surface area contributed by atoms with Crippen LogP contribution in [0, 0.1) is 0 Å². The van der Waals surface area contributed by atoms with E-state index < -0.39 is 5.60 Å². The van der Waals surface area contributed by atoms with Crippen molar-refractivity contribution < 1.29 is 9.53 Å². The van der Waals surface area contributed by atoms with Crippen LogP contribution in [-0.2, 0) is 10.3 Å². The molecule has 2 aromatic heterocycles. The molecular weight excluding hydrogens is 412 g/mol. The van der Waals surface area contributed by atoms with Crippen LogP contribution in [0.15, 0.2) is 73.1 Å². The van der Waals surface area contributed by atoms with E-state index in [1.807, 2.05) is 55.6 Å². The minimum atomic E-state index is -0.524. The van der Waals surface area contributed by atoms with E-state index in [9.17, 15) is 4.79 Å². The summed E-state index contributed by atoms with van der Waals surface area (Å²) in [4.78, 5) is 21.8. The summed E-state index contributed by atoms with van der Waals surface area (Å²) in [6, 6.07) is 20.5. The molecule has 0 aliphatic heterocycles. The molecule has 2 heterocycles. The zero-order valence-corrected chi connectivity index (χ0v) is 19.2. The van der Waals surface area contributed by atoms with Gasteiger partial charge in [0.15, 0.2) is 0 Å².